The van der Waals surface area contributed by atoms with E-state index in [9.17, 15) is 13.2 Å². The number of nitrogens with zero attached hydrogens (tertiary/aromatic N) is 1. The number of carbonyl (C=O) groups excluding carboxylic acids is 1. The first-order chi connectivity index (χ1) is 13.5. The number of nitrogens with one attached hydrogen (secondary N) is 1. The van der Waals surface area contributed by atoms with Gasteiger partial charge in [-0.2, -0.15) is 0 Å². The second kappa shape index (κ2) is 7.82. The van der Waals surface area contributed by atoms with Crippen LogP contribution in [0.4, 0.5) is 10.5 Å². The normalized spacial score (nSPS) is 12.1. The van der Waals surface area contributed by atoms with Gasteiger partial charge in [-0.15, -0.1) is 0 Å². The summed E-state index contributed by atoms with van der Waals surface area (Å²) in [5.74, 6) is 0.300. The third-order valence-electron chi connectivity index (χ3n) is 4.85. The lowest BCUT2D eigenvalue weighted by Crippen LogP contribution is -2.21. The highest BCUT2D eigenvalue weighted by Gasteiger charge is 2.19. The molecule has 154 valence electrons. The number of fused-ring (bicyclic) bond motifs is 1. The lowest BCUT2D eigenvalue weighted by atomic mass is 9.92. The third-order valence-corrected chi connectivity index (χ3v) is 5.98. The molecule has 29 heavy (non-hydrogen) atoms. The molecule has 2 aromatic carbocycles. The second-order valence-corrected chi connectivity index (χ2v) is 9.65. The summed E-state index contributed by atoms with van der Waals surface area (Å²) in [6, 6.07) is 9.53. The van der Waals surface area contributed by atoms with Crippen LogP contribution in [0.15, 0.2) is 47.5 Å². The topological polar surface area (TPSA) is 94.2 Å². The molecule has 0 aliphatic heterocycles. The molecule has 0 unspecified atom stereocenters. The van der Waals surface area contributed by atoms with Crippen LogP contribution in [0.1, 0.15) is 50.7 Å². The summed E-state index contributed by atoms with van der Waals surface area (Å²) >= 11 is 6.30. The van der Waals surface area contributed by atoms with Gasteiger partial charge < -0.3 is 5.32 Å². The molecule has 8 heteroatoms. The van der Waals surface area contributed by atoms with Crippen molar-refractivity contribution >= 4 is 44.2 Å². The average molecular weight is 434 g/mol. The van der Waals surface area contributed by atoms with E-state index in [1.807, 2.05) is 39.8 Å². The highest BCUT2D eigenvalue weighted by atomic mass is 35.5. The Kier molecular flexibility index (Phi) is 5.76. The molecule has 0 bridgehead atoms. The minimum atomic E-state index is -3.87. The number of aromatic nitrogens is 1. The van der Waals surface area contributed by atoms with E-state index in [-0.39, 0.29) is 16.7 Å². The third kappa shape index (κ3) is 4.32. The lowest BCUT2D eigenvalue weighted by molar-refractivity contribution is 0.254. The number of amides is 1. The van der Waals surface area contributed by atoms with Crippen LogP contribution in [0, 0.1) is 0 Å². The maximum atomic E-state index is 13.1. The largest absolute Gasteiger partial charge is 0.330 e. The van der Waals surface area contributed by atoms with Crippen molar-refractivity contribution in [3.8, 4) is 0 Å². The molecular formula is C21H24ClN3O3S. The highest BCUT2D eigenvalue weighted by Crippen LogP contribution is 2.35. The van der Waals surface area contributed by atoms with Crippen molar-refractivity contribution in [2.45, 2.75) is 44.4 Å². The first kappa shape index (κ1) is 21.4. The molecule has 0 radical (unpaired) electrons. The fraction of sp³-hybridized carbons (Fsp3) is 0.286. The van der Waals surface area contributed by atoms with Gasteiger partial charge in [0.2, 0.25) is 10.0 Å². The van der Waals surface area contributed by atoms with Crippen molar-refractivity contribution in [2.24, 2.45) is 5.14 Å². The van der Waals surface area contributed by atoms with Crippen LogP contribution >= 0.6 is 11.6 Å². The van der Waals surface area contributed by atoms with E-state index in [4.69, 9.17) is 16.7 Å². The fourth-order valence-electron chi connectivity index (χ4n) is 3.33. The number of primary sulfonamides is 1. The van der Waals surface area contributed by atoms with E-state index >= 15 is 0 Å². The molecule has 0 aliphatic rings. The molecule has 0 aliphatic carbocycles. The van der Waals surface area contributed by atoms with Gasteiger partial charge in [-0.25, -0.2) is 18.4 Å². The first-order valence-corrected chi connectivity index (χ1v) is 11.2. The van der Waals surface area contributed by atoms with Crippen molar-refractivity contribution in [1.82, 2.24) is 4.57 Å². The number of benzene rings is 2. The molecular weight excluding hydrogens is 410 g/mol. The van der Waals surface area contributed by atoms with E-state index in [2.05, 4.69) is 5.32 Å². The monoisotopic (exact) mass is 433 g/mol. The molecule has 0 saturated heterocycles. The Morgan fingerprint density at radius 1 is 1.03 bits per heavy atom. The molecule has 3 aromatic rings. The first-order valence-electron chi connectivity index (χ1n) is 9.27. The van der Waals surface area contributed by atoms with Crippen molar-refractivity contribution in [1.29, 1.82) is 0 Å². The number of nitrogens with two attached hydrogens (primary N) is 1. The van der Waals surface area contributed by atoms with Gasteiger partial charge >= 0.3 is 6.03 Å². The van der Waals surface area contributed by atoms with Crippen LogP contribution in [0.5, 0.6) is 0 Å². The zero-order chi connectivity index (χ0) is 21.5. The minimum Gasteiger partial charge on any atom is -0.307 e. The van der Waals surface area contributed by atoms with Gasteiger partial charge in [0.25, 0.3) is 0 Å². The Hall–Kier alpha value is -2.35. The van der Waals surface area contributed by atoms with E-state index < -0.39 is 16.1 Å². The van der Waals surface area contributed by atoms with Gasteiger partial charge in [0.15, 0.2) is 0 Å². The maximum absolute atomic E-state index is 13.1. The summed E-state index contributed by atoms with van der Waals surface area (Å²) in [4.78, 5) is 13.1. The van der Waals surface area contributed by atoms with Crippen molar-refractivity contribution in [3.05, 3.63) is 58.7 Å². The van der Waals surface area contributed by atoms with Crippen LogP contribution < -0.4 is 10.5 Å². The molecule has 0 spiro atoms. The molecule has 3 N–H and O–H groups in total. The molecule has 1 aromatic heterocycles. The number of anilines is 1. The van der Waals surface area contributed by atoms with Crippen molar-refractivity contribution in [2.75, 3.05) is 5.32 Å². The zero-order valence-corrected chi connectivity index (χ0v) is 18.3. The number of halogens is 1. The van der Waals surface area contributed by atoms with Gasteiger partial charge in [0, 0.05) is 22.3 Å². The van der Waals surface area contributed by atoms with Crippen LogP contribution in [0.3, 0.4) is 0 Å². The molecule has 6 nitrogen and oxygen atoms in total. The molecule has 0 fully saturated rings. The molecule has 0 saturated carbocycles. The summed E-state index contributed by atoms with van der Waals surface area (Å²) in [5.41, 5.74) is 3.07. The van der Waals surface area contributed by atoms with E-state index in [1.165, 1.54) is 16.7 Å². The predicted octanol–water partition coefficient (Wildman–Crippen LogP) is 5.27. The summed E-state index contributed by atoms with van der Waals surface area (Å²) in [6.45, 7) is 8.15. The Bertz CT molecular complexity index is 1170. The van der Waals surface area contributed by atoms with Gasteiger partial charge in [-0.3, -0.25) is 4.57 Å². The summed E-state index contributed by atoms with van der Waals surface area (Å²) in [7, 11) is -3.87. The van der Waals surface area contributed by atoms with E-state index in [0.717, 1.165) is 22.2 Å². The van der Waals surface area contributed by atoms with Gasteiger partial charge in [0.05, 0.1) is 10.4 Å². The van der Waals surface area contributed by atoms with Gasteiger partial charge in [0.1, 0.15) is 0 Å². The summed E-state index contributed by atoms with van der Waals surface area (Å²) in [5, 5.41) is 9.60. The minimum absolute atomic E-state index is 0.0463. The molecule has 1 heterocycles. The van der Waals surface area contributed by atoms with E-state index in [1.54, 1.807) is 18.3 Å². The lowest BCUT2D eigenvalue weighted by Gasteiger charge is -2.21. The number of rotatable bonds is 4. The summed E-state index contributed by atoms with van der Waals surface area (Å²) in [6.07, 6.45) is 1.60. The Balaban J connectivity index is 2.10. The smallest absolute Gasteiger partial charge is 0.307 e. The molecule has 1 amide bonds. The fourth-order valence-corrected chi connectivity index (χ4v) is 4.10. The number of hydrogen-bond donors (Lipinski definition) is 2. The number of sulfonamides is 1. The average Bonchev–Trinajstić information content (AvgIpc) is 3.04. The van der Waals surface area contributed by atoms with Crippen LogP contribution in [-0.4, -0.2) is 19.0 Å². The SMILES string of the molecule is CC(C)c1cc(Cl)cc(C(C)C)c1NC(=O)n1ccc2ccc(S(N)(=O)=O)cc21. The van der Waals surface area contributed by atoms with Gasteiger partial charge in [-0.1, -0.05) is 45.4 Å². The molecule has 0 atom stereocenters. The quantitative estimate of drug-likeness (QED) is 0.586. The Morgan fingerprint density at radius 2 is 1.62 bits per heavy atom. The Labute approximate surface area is 175 Å². The van der Waals surface area contributed by atoms with E-state index in [0.29, 0.717) is 10.5 Å². The number of carbonyl (C=O) groups is 1. The zero-order valence-electron chi connectivity index (χ0n) is 16.7. The number of hydrogen-bond acceptors (Lipinski definition) is 3. The maximum Gasteiger partial charge on any atom is 0.330 e. The standard InChI is InChI=1S/C21H24ClN3O3S/c1-12(2)17-9-15(22)10-18(13(3)4)20(17)24-21(26)25-8-7-14-5-6-16(11-19(14)25)29(23,27)28/h5-13H,1-4H3,(H,24,26)(H2,23,27,28). The second-order valence-electron chi connectivity index (χ2n) is 7.65. The Morgan fingerprint density at radius 3 is 2.14 bits per heavy atom. The van der Waals surface area contributed by atoms with Crippen LogP contribution in [0.25, 0.3) is 10.9 Å². The van der Waals surface area contributed by atoms with Crippen molar-refractivity contribution < 1.29 is 13.2 Å². The van der Waals surface area contributed by atoms with Crippen molar-refractivity contribution in [3.63, 3.8) is 0 Å². The van der Waals surface area contributed by atoms with Crippen LogP contribution in [0.2, 0.25) is 5.02 Å². The van der Waals surface area contributed by atoms with Crippen LogP contribution in [-0.2, 0) is 10.0 Å². The highest BCUT2D eigenvalue weighted by molar-refractivity contribution is 7.89. The molecule has 3 rings (SSSR count). The predicted molar refractivity (Wildman–Crippen MR) is 117 cm³/mol. The van der Waals surface area contributed by atoms with Gasteiger partial charge in [-0.05, 0) is 53.3 Å². The summed E-state index contributed by atoms with van der Waals surface area (Å²) < 4.78 is 24.8.